The van der Waals surface area contributed by atoms with Gasteiger partial charge in [-0.3, -0.25) is 14.4 Å². The number of ether oxygens (including phenoxy) is 1. The molecule has 0 saturated carbocycles. The van der Waals surface area contributed by atoms with E-state index in [-0.39, 0.29) is 19.1 Å². The standard InChI is InChI=1S/C22H24N2O4S/c1-24(15-18-8-11-19(29-2)12-9-18)21(26)16-28-22(27)14-23-20(25)13-10-17-6-4-3-5-7-17/h3-13H,14-16H2,1-2H3,(H,23,25)/b13-10+. The van der Waals surface area contributed by atoms with Crippen molar-refractivity contribution in [2.75, 3.05) is 26.5 Å². The Morgan fingerprint density at radius 3 is 2.41 bits per heavy atom. The zero-order chi connectivity index (χ0) is 21.1. The highest BCUT2D eigenvalue weighted by Gasteiger charge is 2.13. The molecule has 0 atom stereocenters. The van der Waals surface area contributed by atoms with Crippen LogP contribution in [0.3, 0.4) is 0 Å². The molecule has 0 spiro atoms. The van der Waals surface area contributed by atoms with E-state index in [9.17, 15) is 14.4 Å². The van der Waals surface area contributed by atoms with Crippen molar-refractivity contribution in [2.24, 2.45) is 0 Å². The van der Waals surface area contributed by atoms with E-state index >= 15 is 0 Å². The van der Waals surface area contributed by atoms with E-state index in [2.05, 4.69) is 5.32 Å². The van der Waals surface area contributed by atoms with Crippen molar-refractivity contribution in [1.29, 1.82) is 0 Å². The minimum Gasteiger partial charge on any atom is -0.454 e. The average molecular weight is 413 g/mol. The maximum Gasteiger partial charge on any atom is 0.325 e. The SMILES string of the molecule is CSc1ccc(CN(C)C(=O)COC(=O)CNC(=O)/C=C/c2ccccc2)cc1. The van der Waals surface area contributed by atoms with Gasteiger partial charge in [-0.15, -0.1) is 11.8 Å². The van der Waals surface area contributed by atoms with Gasteiger partial charge in [-0.2, -0.15) is 0 Å². The minimum atomic E-state index is -0.669. The second-order valence-corrected chi connectivity index (χ2v) is 7.10. The second-order valence-electron chi connectivity index (χ2n) is 6.22. The fourth-order valence-electron chi connectivity index (χ4n) is 2.35. The van der Waals surface area contributed by atoms with Crippen molar-refractivity contribution >= 4 is 35.6 Å². The fraction of sp³-hybridized carbons (Fsp3) is 0.227. The van der Waals surface area contributed by atoms with E-state index in [0.29, 0.717) is 6.54 Å². The molecule has 2 aromatic rings. The Kier molecular flexibility index (Phi) is 8.98. The van der Waals surface area contributed by atoms with Gasteiger partial charge < -0.3 is 15.0 Å². The van der Waals surface area contributed by atoms with Crippen LogP contribution in [0.5, 0.6) is 0 Å². The van der Waals surface area contributed by atoms with E-state index in [4.69, 9.17) is 4.74 Å². The van der Waals surface area contributed by atoms with Crippen LogP contribution in [0.2, 0.25) is 0 Å². The Labute approximate surface area is 174 Å². The number of thioether (sulfide) groups is 1. The minimum absolute atomic E-state index is 0.300. The molecule has 0 saturated heterocycles. The maximum atomic E-state index is 12.1. The summed E-state index contributed by atoms with van der Waals surface area (Å²) in [5, 5.41) is 2.43. The van der Waals surface area contributed by atoms with Crippen LogP contribution in [0.4, 0.5) is 0 Å². The summed E-state index contributed by atoms with van der Waals surface area (Å²) in [6.45, 7) is -0.245. The summed E-state index contributed by atoms with van der Waals surface area (Å²) in [4.78, 5) is 38.2. The number of esters is 1. The third kappa shape index (κ3) is 8.23. The molecule has 0 bridgehead atoms. The molecule has 0 unspecified atom stereocenters. The number of benzene rings is 2. The summed E-state index contributed by atoms with van der Waals surface area (Å²) in [6, 6.07) is 17.2. The summed E-state index contributed by atoms with van der Waals surface area (Å²) in [5.41, 5.74) is 1.87. The lowest BCUT2D eigenvalue weighted by atomic mass is 10.2. The van der Waals surface area contributed by atoms with Gasteiger partial charge in [0.2, 0.25) is 5.91 Å². The molecule has 0 aromatic heterocycles. The van der Waals surface area contributed by atoms with Gasteiger partial charge in [0, 0.05) is 24.6 Å². The largest absolute Gasteiger partial charge is 0.454 e. The van der Waals surface area contributed by atoms with Gasteiger partial charge in [0.05, 0.1) is 0 Å². The second kappa shape index (κ2) is 11.7. The summed E-state index contributed by atoms with van der Waals surface area (Å²) in [6.07, 6.45) is 4.98. The molecule has 1 N–H and O–H groups in total. The highest BCUT2D eigenvalue weighted by molar-refractivity contribution is 7.98. The molecular weight excluding hydrogens is 388 g/mol. The fourth-order valence-corrected chi connectivity index (χ4v) is 2.76. The van der Waals surface area contributed by atoms with Crippen LogP contribution in [0.15, 0.2) is 65.6 Å². The van der Waals surface area contributed by atoms with Gasteiger partial charge in [-0.05, 0) is 35.6 Å². The number of rotatable bonds is 9. The van der Waals surface area contributed by atoms with Crippen molar-refractivity contribution in [2.45, 2.75) is 11.4 Å². The average Bonchev–Trinajstić information content (AvgIpc) is 2.75. The molecule has 0 fully saturated rings. The first kappa shape index (κ1) is 22.2. The Bertz CT molecular complexity index is 851. The smallest absolute Gasteiger partial charge is 0.325 e. The van der Waals surface area contributed by atoms with Gasteiger partial charge in [0.25, 0.3) is 5.91 Å². The van der Waals surface area contributed by atoms with Gasteiger partial charge >= 0.3 is 5.97 Å². The number of hydrogen-bond donors (Lipinski definition) is 1. The molecule has 152 valence electrons. The predicted molar refractivity (Wildman–Crippen MR) is 114 cm³/mol. The number of nitrogens with zero attached hydrogens (tertiary/aromatic N) is 1. The topological polar surface area (TPSA) is 75.7 Å². The Balaban J connectivity index is 1.68. The molecule has 0 aliphatic carbocycles. The highest BCUT2D eigenvalue weighted by atomic mass is 32.2. The molecule has 7 heteroatoms. The Morgan fingerprint density at radius 1 is 1.07 bits per heavy atom. The van der Waals surface area contributed by atoms with E-state index in [0.717, 1.165) is 16.0 Å². The maximum absolute atomic E-state index is 12.1. The van der Waals surface area contributed by atoms with Crippen molar-refractivity contribution in [3.05, 3.63) is 71.8 Å². The normalized spacial score (nSPS) is 10.6. The van der Waals surface area contributed by atoms with Crippen LogP contribution >= 0.6 is 11.8 Å². The van der Waals surface area contributed by atoms with E-state index in [1.165, 1.54) is 11.0 Å². The monoisotopic (exact) mass is 412 g/mol. The number of carbonyl (C=O) groups is 3. The molecule has 6 nitrogen and oxygen atoms in total. The summed E-state index contributed by atoms with van der Waals surface area (Å²) < 4.78 is 4.94. The molecule has 0 aliphatic rings. The number of hydrogen-bond acceptors (Lipinski definition) is 5. The molecule has 2 rings (SSSR count). The lowest BCUT2D eigenvalue weighted by Gasteiger charge is -2.17. The summed E-state index contributed by atoms with van der Waals surface area (Å²) in [5.74, 6) is -1.40. The molecule has 2 amide bonds. The quantitative estimate of drug-likeness (QED) is 0.389. The third-order valence-electron chi connectivity index (χ3n) is 3.99. The van der Waals surface area contributed by atoms with Gasteiger partial charge in [0.1, 0.15) is 6.54 Å². The predicted octanol–water partition coefficient (Wildman–Crippen LogP) is 2.74. The third-order valence-corrected chi connectivity index (χ3v) is 4.74. The summed E-state index contributed by atoms with van der Waals surface area (Å²) in [7, 11) is 1.65. The van der Waals surface area contributed by atoms with Crippen molar-refractivity contribution < 1.29 is 19.1 Å². The van der Waals surface area contributed by atoms with Gasteiger partial charge in [-0.1, -0.05) is 42.5 Å². The molecule has 29 heavy (non-hydrogen) atoms. The van der Waals surface area contributed by atoms with Gasteiger partial charge in [0.15, 0.2) is 6.61 Å². The zero-order valence-electron chi connectivity index (χ0n) is 16.5. The van der Waals surface area contributed by atoms with E-state index < -0.39 is 11.9 Å². The van der Waals surface area contributed by atoms with Crippen molar-refractivity contribution in [3.63, 3.8) is 0 Å². The van der Waals surface area contributed by atoms with Crippen LogP contribution < -0.4 is 5.32 Å². The first-order valence-corrected chi connectivity index (χ1v) is 10.2. The van der Waals surface area contributed by atoms with E-state index in [1.54, 1.807) is 24.9 Å². The van der Waals surface area contributed by atoms with Crippen LogP contribution in [0, 0.1) is 0 Å². The highest BCUT2D eigenvalue weighted by Crippen LogP contribution is 2.15. The van der Waals surface area contributed by atoms with E-state index in [1.807, 2.05) is 60.9 Å². The van der Waals surface area contributed by atoms with Crippen LogP contribution in [-0.2, 0) is 25.7 Å². The Morgan fingerprint density at radius 2 is 1.76 bits per heavy atom. The first-order chi connectivity index (χ1) is 14.0. The van der Waals surface area contributed by atoms with Gasteiger partial charge in [-0.25, -0.2) is 0 Å². The molecule has 0 radical (unpaired) electrons. The molecular formula is C22H24N2O4S. The van der Waals surface area contributed by atoms with Crippen LogP contribution in [0.25, 0.3) is 6.08 Å². The lowest BCUT2D eigenvalue weighted by Crippen LogP contribution is -2.34. The number of carbonyl (C=O) groups excluding carboxylic acids is 3. The molecule has 0 heterocycles. The first-order valence-electron chi connectivity index (χ1n) is 9.01. The lowest BCUT2D eigenvalue weighted by molar-refractivity contribution is -0.151. The summed E-state index contributed by atoms with van der Waals surface area (Å²) >= 11 is 1.65. The van der Waals surface area contributed by atoms with Crippen LogP contribution in [-0.4, -0.2) is 49.1 Å². The number of nitrogens with one attached hydrogen (secondary N) is 1. The number of likely N-dealkylation sites (N-methyl/N-ethyl adjacent to an activating group) is 1. The Hall–Kier alpha value is -3.06. The van der Waals surface area contributed by atoms with Crippen LogP contribution in [0.1, 0.15) is 11.1 Å². The molecule has 2 aromatic carbocycles. The molecule has 0 aliphatic heterocycles. The zero-order valence-corrected chi connectivity index (χ0v) is 17.3. The van der Waals surface area contributed by atoms with Crippen molar-refractivity contribution in [1.82, 2.24) is 10.2 Å². The van der Waals surface area contributed by atoms with Crippen molar-refractivity contribution in [3.8, 4) is 0 Å². The number of amides is 2.